The lowest BCUT2D eigenvalue weighted by Crippen LogP contribution is -2.29. The molecule has 0 saturated heterocycles. The average molecular weight is 165 g/mol. The minimum Gasteiger partial charge on any atom is -0.471 e. The Kier molecular flexibility index (Phi) is 3.14. The average Bonchev–Trinajstić information content (AvgIpc) is 2.06. The molecule has 0 radical (unpaired) electrons. The standard InChI is InChI=1S/C9H11NO2/c1-8(10-7-11)12-9-5-3-2-4-6-9/h2-8H,1H3,(H,10,11). The SMILES string of the molecule is CC(NC=O)Oc1ccccc1. The second-order valence-electron chi connectivity index (χ2n) is 2.36. The topological polar surface area (TPSA) is 38.3 Å². The van der Waals surface area contributed by atoms with Crippen molar-refractivity contribution in [3.05, 3.63) is 30.3 Å². The summed E-state index contributed by atoms with van der Waals surface area (Å²) in [6.07, 6.45) is 0.332. The largest absolute Gasteiger partial charge is 0.471 e. The molecular weight excluding hydrogens is 154 g/mol. The van der Waals surface area contributed by atoms with Crippen molar-refractivity contribution >= 4 is 6.41 Å². The molecule has 12 heavy (non-hydrogen) atoms. The molecule has 1 rings (SSSR count). The van der Waals surface area contributed by atoms with E-state index in [4.69, 9.17) is 4.74 Å². The highest BCUT2D eigenvalue weighted by atomic mass is 16.5. The summed E-state index contributed by atoms with van der Waals surface area (Å²) in [7, 11) is 0. The number of hydrogen-bond donors (Lipinski definition) is 1. The van der Waals surface area contributed by atoms with Gasteiger partial charge >= 0.3 is 0 Å². The molecule has 0 aliphatic carbocycles. The van der Waals surface area contributed by atoms with Crippen LogP contribution in [0.3, 0.4) is 0 Å². The fraction of sp³-hybridized carbons (Fsp3) is 0.222. The Hall–Kier alpha value is -1.51. The maximum Gasteiger partial charge on any atom is 0.209 e. The zero-order valence-electron chi connectivity index (χ0n) is 6.86. The van der Waals surface area contributed by atoms with Crippen molar-refractivity contribution in [2.45, 2.75) is 13.2 Å². The van der Waals surface area contributed by atoms with E-state index < -0.39 is 0 Å². The van der Waals surface area contributed by atoms with E-state index in [0.717, 1.165) is 5.75 Å². The zero-order chi connectivity index (χ0) is 8.81. The molecule has 64 valence electrons. The fourth-order valence-electron chi connectivity index (χ4n) is 0.833. The lowest BCUT2D eigenvalue weighted by atomic mass is 10.3. The van der Waals surface area contributed by atoms with Crippen molar-refractivity contribution in [1.29, 1.82) is 0 Å². The van der Waals surface area contributed by atoms with Crippen molar-refractivity contribution < 1.29 is 9.53 Å². The maximum atomic E-state index is 10.0. The molecule has 3 heteroatoms. The minimum absolute atomic E-state index is 0.287. The molecule has 0 heterocycles. The molecule has 0 fully saturated rings. The van der Waals surface area contributed by atoms with Gasteiger partial charge in [0.05, 0.1) is 0 Å². The molecule has 1 aromatic carbocycles. The Morgan fingerprint density at radius 2 is 2.08 bits per heavy atom. The van der Waals surface area contributed by atoms with Gasteiger partial charge in [-0.1, -0.05) is 18.2 Å². The van der Waals surface area contributed by atoms with Crippen LogP contribution in [0.1, 0.15) is 6.92 Å². The van der Waals surface area contributed by atoms with Crippen LogP contribution in [0, 0.1) is 0 Å². The first kappa shape index (κ1) is 8.59. The van der Waals surface area contributed by atoms with Crippen LogP contribution < -0.4 is 10.1 Å². The normalized spacial score (nSPS) is 11.8. The van der Waals surface area contributed by atoms with Gasteiger partial charge in [0.2, 0.25) is 6.41 Å². The molecular formula is C9H11NO2. The van der Waals surface area contributed by atoms with Crippen molar-refractivity contribution in [1.82, 2.24) is 5.32 Å². The van der Waals surface area contributed by atoms with Gasteiger partial charge in [-0.05, 0) is 19.1 Å². The third-order valence-electron chi connectivity index (χ3n) is 1.36. The molecule has 0 bridgehead atoms. The second kappa shape index (κ2) is 4.38. The smallest absolute Gasteiger partial charge is 0.209 e. The van der Waals surface area contributed by atoms with Crippen molar-refractivity contribution in [2.24, 2.45) is 0 Å². The van der Waals surface area contributed by atoms with Crippen LogP contribution >= 0.6 is 0 Å². The summed E-state index contributed by atoms with van der Waals surface area (Å²) in [6.45, 7) is 1.77. The highest BCUT2D eigenvalue weighted by Crippen LogP contribution is 2.09. The summed E-state index contributed by atoms with van der Waals surface area (Å²) >= 11 is 0. The summed E-state index contributed by atoms with van der Waals surface area (Å²) in [4.78, 5) is 10.0. The molecule has 3 nitrogen and oxygen atoms in total. The van der Waals surface area contributed by atoms with Crippen LogP contribution in [0.25, 0.3) is 0 Å². The molecule has 0 aliphatic heterocycles. The van der Waals surface area contributed by atoms with Gasteiger partial charge < -0.3 is 10.1 Å². The van der Waals surface area contributed by atoms with Crippen molar-refractivity contribution in [3.8, 4) is 5.75 Å². The molecule has 1 aromatic rings. The third kappa shape index (κ3) is 2.62. The van der Waals surface area contributed by atoms with Crippen molar-refractivity contribution in [2.75, 3.05) is 0 Å². The van der Waals surface area contributed by atoms with E-state index in [2.05, 4.69) is 5.32 Å². The van der Waals surface area contributed by atoms with E-state index in [-0.39, 0.29) is 6.23 Å². The number of carbonyl (C=O) groups excluding carboxylic acids is 1. The van der Waals surface area contributed by atoms with Gasteiger partial charge in [-0.2, -0.15) is 0 Å². The second-order valence-corrected chi connectivity index (χ2v) is 2.36. The first-order valence-corrected chi connectivity index (χ1v) is 3.74. The van der Waals surface area contributed by atoms with Crippen molar-refractivity contribution in [3.63, 3.8) is 0 Å². The third-order valence-corrected chi connectivity index (χ3v) is 1.36. The van der Waals surface area contributed by atoms with E-state index in [1.807, 2.05) is 30.3 Å². The number of carbonyl (C=O) groups is 1. The fourth-order valence-corrected chi connectivity index (χ4v) is 0.833. The van der Waals surface area contributed by atoms with Gasteiger partial charge in [-0.25, -0.2) is 0 Å². The van der Waals surface area contributed by atoms with Crippen LogP contribution in [0.5, 0.6) is 5.75 Å². The van der Waals surface area contributed by atoms with Gasteiger partial charge in [0.1, 0.15) is 5.75 Å². The van der Waals surface area contributed by atoms with E-state index in [0.29, 0.717) is 6.41 Å². The van der Waals surface area contributed by atoms with Gasteiger partial charge in [0, 0.05) is 0 Å². The summed E-state index contributed by atoms with van der Waals surface area (Å²) < 4.78 is 5.31. The van der Waals surface area contributed by atoms with E-state index in [1.54, 1.807) is 6.92 Å². The Morgan fingerprint density at radius 3 is 2.67 bits per heavy atom. The minimum atomic E-state index is -0.287. The monoisotopic (exact) mass is 165 g/mol. The summed E-state index contributed by atoms with van der Waals surface area (Å²) in [5, 5.41) is 2.49. The quantitative estimate of drug-likeness (QED) is 0.537. The van der Waals surface area contributed by atoms with Gasteiger partial charge in [-0.3, -0.25) is 4.79 Å². The number of ether oxygens (including phenoxy) is 1. The molecule has 1 amide bonds. The summed E-state index contributed by atoms with van der Waals surface area (Å²) in [5.41, 5.74) is 0. The van der Waals surface area contributed by atoms with Gasteiger partial charge in [0.15, 0.2) is 6.23 Å². The Labute approximate surface area is 71.4 Å². The summed E-state index contributed by atoms with van der Waals surface area (Å²) in [5.74, 6) is 0.749. The number of para-hydroxylation sites is 1. The molecule has 0 aliphatic rings. The Bertz CT molecular complexity index is 236. The first-order valence-electron chi connectivity index (χ1n) is 3.74. The van der Waals surface area contributed by atoms with Gasteiger partial charge in [0.25, 0.3) is 0 Å². The van der Waals surface area contributed by atoms with E-state index in [9.17, 15) is 4.79 Å². The Morgan fingerprint density at radius 1 is 1.42 bits per heavy atom. The Balaban J connectivity index is 2.46. The lowest BCUT2D eigenvalue weighted by molar-refractivity contribution is -0.111. The lowest BCUT2D eigenvalue weighted by Gasteiger charge is -2.12. The van der Waals surface area contributed by atoms with Crippen LogP contribution in [0.2, 0.25) is 0 Å². The van der Waals surface area contributed by atoms with Crippen LogP contribution in [0.15, 0.2) is 30.3 Å². The predicted octanol–water partition coefficient (Wildman–Crippen LogP) is 1.16. The number of hydrogen-bond acceptors (Lipinski definition) is 2. The maximum absolute atomic E-state index is 10.0. The number of nitrogens with one attached hydrogen (secondary N) is 1. The van der Waals surface area contributed by atoms with E-state index in [1.165, 1.54) is 0 Å². The number of rotatable bonds is 4. The van der Waals surface area contributed by atoms with Gasteiger partial charge in [-0.15, -0.1) is 0 Å². The molecule has 0 spiro atoms. The number of benzene rings is 1. The van der Waals surface area contributed by atoms with Crippen LogP contribution in [-0.4, -0.2) is 12.6 Å². The molecule has 1 atom stereocenters. The number of amides is 1. The first-order chi connectivity index (χ1) is 5.83. The highest BCUT2D eigenvalue weighted by Gasteiger charge is 1.98. The molecule has 0 aromatic heterocycles. The van der Waals surface area contributed by atoms with E-state index >= 15 is 0 Å². The predicted molar refractivity (Wildman–Crippen MR) is 45.7 cm³/mol. The molecule has 1 N–H and O–H groups in total. The zero-order valence-corrected chi connectivity index (χ0v) is 6.86. The highest BCUT2D eigenvalue weighted by molar-refractivity contribution is 5.46. The summed E-state index contributed by atoms with van der Waals surface area (Å²) in [6, 6.07) is 9.34. The molecule has 1 unspecified atom stereocenters. The molecule has 0 saturated carbocycles. The van der Waals surface area contributed by atoms with Crippen LogP contribution in [-0.2, 0) is 4.79 Å². The van der Waals surface area contributed by atoms with Crippen LogP contribution in [0.4, 0.5) is 0 Å².